The van der Waals surface area contributed by atoms with Crippen LogP contribution in [0.1, 0.15) is 40.0 Å². The molecule has 2 aliphatic rings. The summed E-state index contributed by atoms with van der Waals surface area (Å²) in [6.07, 6.45) is 2.72. The first-order valence-electron chi connectivity index (χ1n) is 7.93. The molecule has 0 spiro atoms. The summed E-state index contributed by atoms with van der Waals surface area (Å²) in [7, 11) is 0. The number of fused-ring (bicyclic) bond motifs is 1. The number of hydrogen-bond donors (Lipinski definition) is 0. The lowest BCUT2D eigenvalue weighted by Gasteiger charge is -2.38. The highest BCUT2D eigenvalue weighted by Crippen LogP contribution is 2.49. The van der Waals surface area contributed by atoms with Crippen molar-refractivity contribution in [3.05, 3.63) is 22.8 Å². The van der Waals surface area contributed by atoms with E-state index in [-0.39, 0.29) is 38.6 Å². The van der Waals surface area contributed by atoms with Gasteiger partial charge in [-0.05, 0) is 38.3 Å². The molecule has 6 heteroatoms. The largest absolute Gasteiger partial charge is 0.465 e. The van der Waals surface area contributed by atoms with E-state index >= 15 is 0 Å². The fourth-order valence-corrected chi connectivity index (χ4v) is 2.92. The summed E-state index contributed by atoms with van der Waals surface area (Å²) in [5.41, 5.74) is 0.854. The van der Waals surface area contributed by atoms with Crippen LogP contribution in [0.4, 0.5) is 0 Å². The maximum atomic E-state index is 12.4. The summed E-state index contributed by atoms with van der Waals surface area (Å²) in [5, 5.41) is 0. The van der Waals surface area contributed by atoms with Crippen LogP contribution in [0.2, 0.25) is 0 Å². The van der Waals surface area contributed by atoms with Crippen molar-refractivity contribution in [3.8, 4) is 0 Å². The molecule has 126 valence electrons. The number of carbonyl (C=O) groups is 3. The zero-order valence-electron chi connectivity index (χ0n) is 13.8. The van der Waals surface area contributed by atoms with E-state index in [1.807, 2.05) is 6.08 Å². The van der Waals surface area contributed by atoms with Gasteiger partial charge in [0.05, 0.1) is 19.8 Å². The monoisotopic (exact) mass is 322 g/mol. The summed E-state index contributed by atoms with van der Waals surface area (Å²) in [5.74, 6) is -1.59. The van der Waals surface area contributed by atoms with Crippen molar-refractivity contribution >= 4 is 17.9 Å². The molecule has 0 N–H and O–H groups in total. The Bertz CT molecular complexity index is 566. The van der Waals surface area contributed by atoms with Gasteiger partial charge in [0.15, 0.2) is 5.41 Å². The molecule has 2 aliphatic carbocycles. The molecule has 0 aromatic heterocycles. The second-order valence-corrected chi connectivity index (χ2v) is 5.49. The standard InChI is InChI=1S/C17H22O6/c1-4-21-14(18)12-9-11-7-8-17(10-13(11)12,15(19)22-5-2)16(20)23-6-3/h7H,4-6,8-10H2,1-3H3. The predicted octanol–water partition coefficient (Wildman–Crippen LogP) is 2.08. The Kier molecular flexibility index (Phi) is 5.23. The maximum absolute atomic E-state index is 12.4. The number of carbonyl (C=O) groups excluding carboxylic acids is 3. The molecule has 0 aromatic rings. The summed E-state index contributed by atoms with van der Waals surface area (Å²) in [6.45, 7) is 5.76. The van der Waals surface area contributed by atoms with Gasteiger partial charge in [-0.2, -0.15) is 0 Å². The van der Waals surface area contributed by atoms with Crippen LogP contribution in [-0.4, -0.2) is 37.7 Å². The SMILES string of the molecule is CCOC(=O)C1=C2CC(C(=O)OCC)(C(=O)OCC)CC=C2C1. The third-order valence-electron chi connectivity index (χ3n) is 4.15. The number of ether oxygens (including phenoxy) is 3. The van der Waals surface area contributed by atoms with Gasteiger partial charge < -0.3 is 14.2 Å². The molecule has 0 aliphatic heterocycles. The third-order valence-corrected chi connectivity index (χ3v) is 4.15. The second-order valence-electron chi connectivity index (χ2n) is 5.49. The molecule has 0 atom stereocenters. The minimum Gasteiger partial charge on any atom is -0.465 e. The fourth-order valence-electron chi connectivity index (χ4n) is 2.92. The number of rotatable bonds is 6. The van der Waals surface area contributed by atoms with E-state index < -0.39 is 17.4 Å². The van der Waals surface area contributed by atoms with Gasteiger partial charge >= 0.3 is 17.9 Å². The van der Waals surface area contributed by atoms with Gasteiger partial charge in [-0.15, -0.1) is 0 Å². The van der Waals surface area contributed by atoms with Gasteiger partial charge in [0, 0.05) is 18.4 Å². The van der Waals surface area contributed by atoms with E-state index in [0.717, 1.165) is 11.1 Å². The molecule has 0 unspecified atom stereocenters. The molecule has 6 nitrogen and oxygen atoms in total. The lowest BCUT2D eigenvalue weighted by molar-refractivity contribution is -0.172. The van der Waals surface area contributed by atoms with E-state index in [9.17, 15) is 14.4 Å². The first kappa shape index (κ1) is 17.2. The highest BCUT2D eigenvalue weighted by atomic mass is 16.6. The highest BCUT2D eigenvalue weighted by Gasteiger charge is 2.53. The Morgan fingerprint density at radius 2 is 1.57 bits per heavy atom. The lowest BCUT2D eigenvalue weighted by atomic mass is 9.65. The van der Waals surface area contributed by atoms with Crippen molar-refractivity contribution in [2.45, 2.75) is 40.0 Å². The Morgan fingerprint density at radius 1 is 1.00 bits per heavy atom. The molecular weight excluding hydrogens is 300 g/mol. The van der Waals surface area contributed by atoms with Crippen LogP contribution in [0.25, 0.3) is 0 Å². The van der Waals surface area contributed by atoms with Gasteiger partial charge in [-0.25, -0.2) is 4.79 Å². The van der Waals surface area contributed by atoms with Crippen LogP contribution < -0.4 is 0 Å². The summed E-state index contributed by atoms with van der Waals surface area (Å²) in [4.78, 5) is 36.8. The van der Waals surface area contributed by atoms with Crippen LogP contribution in [0, 0.1) is 5.41 Å². The van der Waals surface area contributed by atoms with E-state index in [1.165, 1.54) is 0 Å². The molecular formula is C17H22O6. The molecule has 0 amide bonds. The molecule has 0 bridgehead atoms. The van der Waals surface area contributed by atoms with Crippen LogP contribution in [0.3, 0.4) is 0 Å². The Hall–Kier alpha value is -2.11. The van der Waals surface area contributed by atoms with Gasteiger partial charge in [0.1, 0.15) is 0 Å². The number of hydrogen-bond acceptors (Lipinski definition) is 6. The van der Waals surface area contributed by atoms with Gasteiger partial charge in [-0.3, -0.25) is 9.59 Å². The molecule has 0 aromatic carbocycles. The molecule has 0 fully saturated rings. The van der Waals surface area contributed by atoms with Crippen LogP contribution in [-0.2, 0) is 28.6 Å². The minimum atomic E-state index is -1.40. The smallest absolute Gasteiger partial charge is 0.334 e. The molecule has 2 rings (SSSR count). The zero-order valence-corrected chi connectivity index (χ0v) is 13.8. The topological polar surface area (TPSA) is 78.9 Å². The van der Waals surface area contributed by atoms with E-state index in [4.69, 9.17) is 14.2 Å². The van der Waals surface area contributed by atoms with E-state index in [1.54, 1.807) is 20.8 Å². The summed E-state index contributed by atoms with van der Waals surface area (Å²) in [6, 6.07) is 0. The summed E-state index contributed by atoms with van der Waals surface area (Å²) < 4.78 is 15.2. The van der Waals surface area contributed by atoms with Crippen molar-refractivity contribution in [3.63, 3.8) is 0 Å². The third kappa shape index (κ3) is 3.02. The molecule has 23 heavy (non-hydrogen) atoms. The number of esters is 3. The van der Waals surface area contributed by atoms with Gasteiger partial charge in [0.25, 0.3) is 0 Å². The Balaban J connectivity index is 2.34. The fraction of sp³-hybridized carbons (Fsp3) is 0.588. The maximum Gasteiger partial charge on any atom is 0.334 e. The second kappa shape index (κ2) is 6.98. The van der Waals surface area contributed by atoms with Crippen LogP contribution in [0.15, 0.2) is 22.8 Å². The lowest BCUT2D eigenvalue weighted by Crippen LogP contribution is -2.45. The van der Waals surface area contributed by atoms with Crippen molar-refractivity contribution in [2.75, 3.05) is 19.8 Å². The minimum absolute atomic E-state index is 0.130. The number of allylic oxidation sites excluding steroid dienone is 3. The first-order chi connectivity index (χ1) is 11.0. The quantitative estimate of drug-likeness (QED) is 0.423. The average molecular weight is 322 g/mol. The van der Waals surface area contributed by atoms with Gasteiger partial charge in [0.2, 0.25) is 0 Å². The van der Waals surface area contributed by atoms with E-state index in [0.29, 0.717) is 12.0 Å². The van der Waals surface area contributed by atoms with E-state index in [2.05, 4.69) is 0 Å². The van der Waals surface area contributed by atoms with Gasteiger partial charge in [-0.1, -0.05) is 6.08 Å². The predicted molar refractivity (Wildman–Crippen MR) is 81.3 cm³/mol. The van der Waals surface area contributed by atoms with Crippen molar-refractivity contribution in [1.29, 1.82) is 0 Å². The molecule has 0 saturated carbocycles. The molecule has 0 saturated heterocycles. The van der Waals surface area contributed by atoms with Crippen LogP contribution >= 0.6 is 0 Å². The van der Waals surface area contributed by atoms with Crippen molar-refractivity contribution < 1.29 is 28.6 Å². The summed E-state index contributed by atoms with van der Waals surface area (Å²) >= 11 is 0. The van der Waals surface area contributed by atoms with Crippen LogP contribution in [0.5, 0.6) is 0 Å². The Morgan fingerprint density at radius 3 is 2.09 bits per heavy atom. The normalized spacial score (nSPS) is 18.3. The first-order valence-corrected chi connectivity index (χ1v) is 7.93. The average Bonchev–Trinajstić information content (AvgIpc) is 2.49. The van der Waals surface area contributed by atoms with Crippen molar-refractivity contribution in [2.24, 2.45) is 5.41 Å². The zero-order chi connectivity index (χ0) is 17.0. The molecule has 0 radical (unpaired) electrons. The van der Waals surface area contributed by atoms with Crippen molar-refractivity contribution in [1.82, 2.24) is 0 Å². The molecule has 0 heterocycles. The Labute approximate surface area is 135 Å². The highest BCUT2D eigenvalue weighted by molar-refractivity contribution is 6.02.